The highest BCUT2D eigenvalue weighted by Crippen LogP contribution is 2.22. The Labute approximate surface area is 122 Å². The number of halogens is 3. The maximum absolute atomic E-state index is 13.7. The van der Waals surface area contributed by atoms with Crippen LogP contribution >= 0.6 is 11.6 Å². The van der Waals surface area contributed by atoms with Gasteiger partial charge in [-0.1, -0.05) is 0 Å². The van der Waals surface area contributed by atoms with Crippen LogP contribution < -0.4 is 0 Å². The number of imidazole rings is 1. The molecule has 2 aromatic rings. The maximum atomic E-state index is 13.7. The lowest BCUT2D eigenvalue weighted by atomic mass is 10.3. The molecular formula is C14H18ClF2N3. The molecule has 0 saturated heterocycles. The van der Waals surface area contributed by atoms with Gasteiger partial charge in [-0.3, -0.25) is 0 Å². The third-order valence-electron chi connectivity index (χ3n) is 3.53. The van der Waals surface area contributed by atoms with Crippen LogP contribution in [0.15, 0.2) is 12.1 Å². The van der Waals surface area contributed by atoms with E-state index in [1.807, 2.05) is 7.05 Å². The number of fused-ring (bicyclic) bond motifs is 1. The molecule has 0 amide bonds. The summed E-state index contributed by atoms with van der Waals surface area (Å²) in [5.74, 6) is -0.527. The summed E-state index contributed by atoms with van der Waals surface area (Å²) in [5, 5.41) is 0. The van der Waals surface area contributed by atoms with Gasteiger partial charge in [0.05, 0.1) is 11.4 Å². The number of benzene rings is 1. The fourth-order valence-electron chi connectivity index (χ4n) is 2.06. The first-order chi connectivity index (χ1) is 9.43. The Morgan fingerprint density at radius 3 is 2.65 bits per heavy atom. The molecule has 1 aromatic heterocycles. The second kappa shape index (κ2) is 6.06. The van der Waals surface area contributed by atoms with Crippen LogP contribution in [0.5, 0.6) is 0 Å². The SMILES string of the molecule is CC(C)N(C)CCn1c(CCl)nc2c(F)cc(F)cc21. The Morgan fingerprint density at radius 1 is 1.35 bits per heavy atom. The zero-order valence-electron chi connectivity index (χ0n) is 11.8. The van der Waals surface area contributed by atoms with E-state index in [4.69, 9.17) is 11.6 Å². The number of aromatic nitrogens is 2. The molecule has 0 unspecified atom stereocenters. The Kier molecular flexibility index (Phi) is 4.60. The van der Waals surface area contributed by atoms with Gasteiger partial charge in [0.1, 0.15) is 17.2 Å². The predicted molar refractivity (Wildman–Crippen MR) is 77.0 cm³/mol. The summed E-state index contributed by atoms with van der Waals surface area (Å²) in [6.07, 6.45) is 0. The Morgan fingerprint density at radius 2 is 2.05 bits per heavy atom. The van der Waals surface area contributed by atoms with Crippen molar-refractivity contribution in [2.45, 2.75) is 32.3 Å². The Bertz CT molecular complexity index is 610. The largest absolute Gasteiger partial charge is 0.326 e. The molecular weight excluding hydrogens is 284 g/mol. The monoisotopic (exact) mass is 301 g/mol. The van der Waals surface area contributed by atoms with Crippen LogP contribution in [0.3, 0.4) is 0 Å². The van der Waals surface area contributed by atoms with Gasteiger partial charge in [0.2, 0.25) is 0 Å². The first-order valence-corrected chi connectivity index (χ1v) is 7.07. The first kappa shape index (κ1) is 15.2. The standard InChI is InChI=1S/C14H18ClF2N3/c1-9(2)19(3)4-5-20-12-7-10(16)6-11(17)14(12)18-13(20)8-15/h6-7,9H,4-5,8H2,1-3H3. The molecule has 0 aliphatic heterocycles. The Hall–Kier alpha value is -1.20. The summed E-state index contributed by atoms with van der Waals surface area (Å²) < 4.78 is 28.9. The normalized spacial score (nSPS) is 12.0. The molecule has 110 valence electrons. The van der Waals surface area contributed by atoms with E-state index < -0.39 is 11.6 Å². The molecule has 6 heteroatoms. The molecule has 0 aliphatic rings. The van der Waals surface area contributed by atoms with E-state index in [1.165, 1.54) is 6.07 Å². The van der Waals surface area contributed by atoms with E-state index in [0.717, 1.165) is 12.6 Å². The second-order valence-corrected chi connectivity index (χ2v) is 5.41. The molecule has 0 aliphatic carbocycles. The topological polar surface area (TPSA) is 21.1 Å². The molecule has 0 N–H and O–H groups in total. The van der Waals surface area contributed by atoms with Gasteiger partial charge in [0, 0.05) is 25.2 Å². The lowest BCUT2D eigenvalue weighted by molar-refractivity contribution is 0.263. The number of rotatable bonds is 5. The van der Waals surface area contributed by atoms with Crippen LogP contribution in [0.2, 0.25) is 0 Å². The van der Waals surface area contributed by atoms with Gasteiger partial charge in [0.25, 0.3) is 0 Å². The summed E-state index contributed by atoms with van der Waals surface area (Å²) in [5.41, 5.74) is 0.629. The van der Waals surface area contributed by atoms with Gasteiger partial charge in [-0.15, -0.1) is 11.6 Å². The van der Waals surface area contributed by atoms with Gasteiger partial charge in [-0.2, -0.15) is 0 Å². The predicted octanol–water partition coefficient (Wildman–Crippen LogP) is 3.39. The molecule has 0 saturated carbocycles. The average molecular weight is 302 g/mol. The number of alkyl halides is 1. The van der Waals surface area contributed by atoms with Crippen LogP contribution in [0, 0.1) is 11.6 Å². The summed E-state index contributed by atoms with van der Waals surface area (Å²) in [7, 11) is 2.01. The van der Waals surface area contributed by atoms with Gasteiger partial charge < -0.3 is 9.47 Å². The van der Waals surface area contributed by atoms with Gasteiger partial charge >= 0.3 is 0 Å². The minimum absolute atomic E-state index is 0.168. The van der Waals surface area contributed by atoms with Crippen molar-refractivity contribution in [3.63, 3.8) is 0 Å². The summed E-state index contributed by atoms with van der Waals surface area (Å²) in [6, 6.07) is 2.55. The minimum Gasteiger partial charge on any atom is -0.326 e. The van der Waals surface area contributed by atoms with Crippen LogP contribution in [0.25, 0.3) is 11.0 Å². The first-order valence-electron chi connectivity index (χ1n) is 6.54. The summed E-state index contributed by atoms with van der Waals surface area (Å²) in [4.78, 5) is 6.32. The van der Waals surface area contributed by atoms with E-state index in [1.54, 1.807) is 4.57 Å². The number of nitrogens with zero attached hydrogens (tertiary/aromatic N) is 3. The summed E-state index contributed by atoms with van der Waals surface area (Å²) in [6.45, 7) is 5.53. The summed E-state index contributed by atoms with van der Waals surface area (Å²) >= 11 is 5.86. The molecule has 1 aromatic carbocycles. The molecule has 0 spiro atoms. The minimum atomic E-state index is -0.651. The van der Waals surface area contributed by atoms with Gasteiger partial charge in [0.15, 0.2) is 5.82 Å². The number of hydrogen-bond acceptors (Lipinski definition) is 2. The van der Waals surface area contributed by atoms with E-state index in [2.05, 4.69) is 23.7 Å². The average Bonchev–Trinajstić information content (AvgIpc) is 2.73. The number of likely N-dealkylation sites (N-methyl/N-ethyl adjacent to an activating group) is 1. The lowest BCUT2D eigenvalue weighted by Crippen LogP contribution is -2.30. The smallest absolute Gasteiger partial charge is 0.153 e. The molecule has 0 radical (unpaired) electrons. The Balaban J connectivity index is 2.40. The molecule has 0 atom stereocenters. The van der Waals surface area contributed by atoms with Crippen molar-refractivity contribution < 1.29 is 8.78 Å². The zero-order valence-corrected chi connectivity index (χ0v) is 12.6. The molecule has 2 rings (SSSR count). The van der Waals surface area contributed by atoms with Crippen LogP contribution in [-0.2, 0) is 12.4 Å². The molecule has 20 heavy (non-hydrogen) atoms. The van der Waals surface area contributed by atoms with Crippen molar-refractivity contribution in [3.8, 4) is 0 Å². The highest BCUT2D eigenvalue weighted by Gasteiger charge is 2.15. The van der Waals surface area contributed by atoms with Gasteiger partial charge in [-0.05, 0) is 27.0 Å². The molecule has 3 nitrogen and oxygen atoms in total. The molecule has 1 heterocycles. The second-order valence-electron chi connectivity index (χ2n) is 5.14. The fraction of sp³-hybridized carbons (Fsp3) is 0.500. The number of hydrogen-bond donors (Lipinski definition) is 0. The lowest BCUT2D eigenvalue weighted by Gasteiger charge is -2.21. The van der Waals surface area contributed by atoms with E-state index in [0.29, 0.717) is 23.9 Å². The highest BCUT2D eigenvalue weighted by molar-refractivity contribution is 6.16. The van der Waals surface area contributed by atoms with Crippen molar-refractivity contribution in [2.75, 3.05) is 13.6 Å². The van der Waals surface area contributed by atoms with Crippen LogP contribution in [0.4, 0.5) is 8.78 Å². The third kappa shape index (κ3) is 2.94. The van der Waals surface area contributed by atoms with Crippen molar-refractivity contribution >= 4 is 22.6 Å². The van der Waals surface area contributed by atoms with Crippen LogP contribution in [0.1, 0.15) is 19.7 Å². The van der Waals surface area contributed by atoms with E-state index >= 15 is 0 Å². The highest BCUT2D eigenvalue weighted by atomic mass is 35.5. The molecule has 0 bridgehead atoms. The molecule has 0 fully saturated rings. The zero-order chi connectivity index (χ0) is 14.9. The maximum Gasteiger partial charge on any atom is 0.153 e. The van der Waals surface area contributed by atoms with Gasteiger partial charge in [-0.25, -0.2) is 13.8 Å². The van der Waals surface area contributed by atoms with Crippen molar-refractivity contribution in [2.24, 2.45) is 0 Å². The van der Waals surface area contributed by atoms with Crippen molar-refractivity contribution in [3.05, 3.63) is 29.6 Å². The fourth-order valence-corrected chi connectivity index (χ4v) is 2.27. The van der Waals surface area contributed by atoms with E-state index in [9.17, 15) is 8.78 Å². The van der Waals surface area contributed by atoms with Crippen molar-refractivity contribution in [1.82, 2.24) is 14.5 Å². The van der Waals surface area contributed by atoms with Crippen LogP contribution in [-0.4, -0.2) is 34.1 Å². The van der Waals surface area contributed by atoms with Crippen molar-refractivity contribution in [1.29, 1.82) is 0 Å². The third-order valence-corrected chi connectivity index (χ3v) is 3.77. The van der Waals surface area contributed by atoms with E-state index in [-0.39, 0.29) is 11.4 Å². The quantitative estimate of drug-likeness (QED) is 0.789.